The molecule has 1 N–H and O–H groups in total. The summed E-state index contributed by atoms with van der Waals surface area (Å²) in [5.74, 6) is 0.255. The average Bonchev–Trinajstić information content (AvgIpc) is 2.85. The van der Waals surface area contributed by atoms with Crippen molar-refractivity contribution in [1.29, 1.82) is 0 Å². The predicted molar refractivity (Wildman–Crippen MR) is 74.9 cm³/mol. The number of nitrogens with zero attached hydrogens (tertiary/aromatic N) is 2. The van der Waals surface area contributed by atoms with Gasteiger partial charge in [0, 0.05) is 30.6 Å². The number of anilines is 1. The highest BCUT2D eigenvalue weighted by Gasteiger charge is 2.13. The quantitative estimate of drug-likeness (QED) is 0.889. The number of methoxy groups -OCH3 is 1. The molecule has 0 aliphatic rings. The Morgan fingerprint density at radius 1 is 1.29 bits per heavy atom. The van der Waals surface area contributed by atoms with Gasteiger partial charge in [0.2, 0.25) is 0 Å². The maximum atomic E-state index is 12.4. The first kappa shape index (κ1) is 15.1. The van der Waals surface area contributed by atoms with Gasteiger partial charge in [-0.3, -0.25) is 4.68 Å². The molecule has 0 fully saturated rings. The van der Waals surface area contributed by atoms with Gasteiger partial charge in [-0.15, -0.1) is 0 Å². The van der Waals surface area contributed by atoms with Crippen molar-refractivity contribution in [2.45, 2.75) is 19.6 Å². The third kappa shape index (κ3) is 3.84. The van der Waals surface area contributed by atoms with Crippen LogP contribution in [0.3, 0.4) is 0 Å². The zero-order chi connectivity index (χ0) is 15.4. The Hall–Kier alpha value is -2.31. The molecule has 1 aromatic carbocycles. The van der Waals surface area contributed by atoms with Crippen LogP contribution in [0.25, 0.3) is 0 Å². The van der Waals surface area contributed by atoms with Gasteiger partial charge in [-0.1, -0.05) is 0 Å². The number of alkyl halides is 2. The van der Waals surface area contributed by atoms with E-state index in [1.54, 1.807) is 23.0 Å². The smallest absolute Gasteiger partial charge is 0.387 e. The fourth-order valence-electron chi connectivity index (χ4n) is 1.95. The maximum Gasteiger partial charge on any atom is 0.387 e. The molecule has 5 nitrogen and oxygen atoms in total. The molecule has 0 amide bonds. The number of benzene rings is 1. The lowest BCUT2D eigenvalue weighted by molar-refractivity contribution is -0.0511. The summed E-state index contributed by atoms with van der Waals surface area (Å²) in [5.41, 5.74) is 1.65. The second kappa shape index (κ2) is 6.43. The van der Waals surface area contributed by atoms with Crippen molar-refractivity contribution >= 4 is 5.69 Å². The molecule has 0 bridgehead atoms. The van der Waals surface area contributed by atoms with Crippen LogP contribution in [-0.4, -0.2) is 23.5 Å². The summed E-state index contributed by atoms with van der Waals surface area (Å²) in [7, 11) is 3.23. The number of nitrogens with one attached hydrogen (secondary N) is 1. The predicted octanol–water partition coefficient (Wildman–Crippen LogP) is 3.20. The summed E-state index contributed by atoms with van der Waals surface area (Å²) < 4.78 is 35.9. The average molecular weight is 297 g/mol. The summed E-state index contributed by atoms with van der Waals surface area (Å²) in [6, 6.07) is 4.78. The molecule has 0 aliphatic carbocycles. The molecule has 0 radical (unpaired) electrons. The van der Waals surface area contributed by atoms with Gasteiger partial charge in [0.25, 0.3) is 0 Å². The Bertz CT molecular complexity index is 602. The Balaban J connectivity index is 2.16. The molecular formula is C14H17F2N3O2. The number of hydrogen-bond acceptors (Lipinski definition) is 4. The highest BCUT2D eigenvalue weighted by molar-refractivity contribution is 5.55. The van der Waals surface area contributed by atoms with Crippen LogP contribution in [0, 0.1) is 0 Å². The lowest BCUT2D eigenvalue weighted by atomic mass is 10.1. The molecule has 2 aromatic rings. The largest absolute Gasteiger partial charge is 0.493 e. The summed E-state index contributed by atoms with van der Waals surface area (Å²) in [5, 5.41) is 7.30. The molecule has 1 aromatic heterocycles. The molecule has 0 saturated heterocycles. The van der Waals surface area contributed by atoms with Crippen molar-refractivity contribution in [3.8, 4) is 11.5 Å². The molecule has 0 spiro atoms. The summed E-state index contributed by atoms with van der Waals surface area (Å²) in [6.07, 6.45) is 3.63. The van der Waals surface area contributed by atoms with E-state index in [-0.39, 0.29) is 17.5 Å². The van der Waals surface area contributed by atoms with E-state index in [2.05, 4.69) is 15.2 Å². The fourth-order valence-corrected chi connectivity index (χ4v) is 1.95. The fraction of sp³-hybridized carbons (Fsp3) is 0.357. The summed E-state index contributed by atoms with van der Waals surface area (Å²) >= 11 is 0. The highest BCUT2D eigenvalue weighted by atomic mass is 19.3. The van der Waals surface area contributed by atoms with Crippen LogP contribution in [0.1, 0.15) is 18.5 Å². The minimum atomic E-state index is -2.90. The van der Waals surface area contributed by atoms with Gasteiger partial charge in [0.1, 0.15) is 0 Å². The van der Waals surface area contributed by atoms with E-state index >= 15 is 0 Å². The van der Waals surface area contributed by atoms with Crippen LogP contribution in [0.4, 0.5) is 14.5 Å². The zero-order valence-corrected chi connectivity index (χ0v) is 12.0. The third-order valence-corrected chi connectivity index (χ3v) is 2.99. The molecule has 7 heteroatoms. The molecule has 1 unspecified atom stereocenters. The normalized spacial score (nSPS) is 12.3. The number of aryl methyl sites for hydroxylation is 1. The van der Waals surface area contributed by atoms with Crippen LogP contribution >= 0.6 is 0 Å². The lowest BCUT2D eigenvalue weighted by Gasteiger charge is -2.16. The topological polar surface area (TPSA) is 48.3 Å². The van der Waals surface area contributed by atoms with Crippen LogP contribution in [0.5, 0.6) is 11.5 Å². The van der Waals surface area contributed by atoms with Crippen molar-refractivity contribution in [2.75, 3.05) is 12.4 Å². The van der Waals surface area contributed by atoms with E-state index in [1.807, 2.05) is 20.2 Å². The first-order chi connectivity index (χ1) is 9.99. The van der Waals surface area contributed by atoms with E-state index in [4.69, 9.17) is 4.74 Å². The van der Waals surface area contributed by atoms with Gasteiger partial charge >= 0.3 is 6.61 Å². The lowest BCUT2D eigenvalue weighted by Crippen LogP contribution is -2.07. The molecule has 2 rings (SSSR count). The van der Waals surface area contributed by atoms with Crippen LogP contribution in [-0.2, 0) is 7.05 Å². The highest BCUT2D eigenvalue weighted by Crippen LogP contribution is 2.32. The first-order valence-corrected chi connectivity index (χ1v) is 6.37. The number of ether oxygens (including phenoxy) is 2. The van der Waals surface area contributed by atoms with E-state index in [1.165, 1.54) is 13.2 Å². The van der Waals surface area contributed by atoms with Crippen molar-refractivity contribution < 1.29 is 18.3 Å². The Morgan fingerprint density at radius 2 is 2.05 bits per heavy atom. The van der Waals surface area contributed by atoms with Crippen molar-refractivity contribution in [3.05, 3.63) is 36.2 Å². The van der Waals surface area contributed by atoms with Gasteiger partial charge in [0.05, 0.1) is 19.3 Å². The second-order valence-corrected chi connectivity index (χ2v) is 4.56. The van der Waals surface area contributed by atoms with Gasteiger partial charge in [0.15, 0.2) is 11.5 Å². The van der Waals surface area contributed by atoms with Gasteiger partial charge in [-0.05, 0) is 19.1 Å². The van der Waals surface area contributed by atoms with E-state index in [0.29, 0.717) is 5.69 Å². The monoisotopic (exact) mass is 297 g/mol. The van der Waals surface area contributed by atoms with Crippen LogP contribution in [0.2, 0.25) is 0 Å². The molecule has 1 atom stereocenters. The van der Waals surface area contributed by atoms with Crippen molar-refractivity contribution in [2.24, 2.45) is 7.05 Å². The molecule has 114 valence electrons. The van der Waals surface area contributed by atoms with E-state index < -0.39 is 6.61 Å². The summed E-state index contributed by atoms with van der Waals surface area (Å²) in [4.78, 5) is 0. The number of halogens is 2. The maximum absolute atomic E-state index is 12.4. The molecule has 1 heterocycles. The second-order valence-electron chi connectivity index (χ2n) is 4.56. The summed E-state index contributed by atoms with van der Waals surface area (Å²) in [6.45, 7) is -0.945. The van der Waals surface area contributed by atoms with Crippen LogP contribution < -0.4 is 14.8 Å². The van der Waals surface area contributed by atoms with Gasteiger partial charge < -0.3 is 14.8 Å². The van der Waals surface area contributed by atoms with E-state index in [9.17, 15) is 8.78 Å². The van der Waals surface area contributed by atoms with Gasteiger partial charge in [-0.2, -0.15) is 13.9 Å². The van der Waals surface area contributed by atoms with Gasteiger partial charge in [-0.25, -0.2) is 0 Å². The minimum Gasteiger partial charge on any atom is -0.493 e. The molecule has 0 saturated carbocycles. The standard InChI is InChI=1S/C14H17F2N3O2/c1-9(10-7-17-19(2)8-10)18-11-4-5-12(20-3)13(6-11)21-14(15)16/h4-9,14,18H,1-3H3. The Labute approximate surface area is 121 Å². The van der Waals surface area contributed by atoms with Crippen molar-refractivity contribution in [1.82, 2.24) is 9.78 Å². The zero-order valence-electron chi connectivity index (χ0n) is 12.0. The number of rotatable bonds is 6. The number of hydrogen-bond donors (Lipinski definition) is 1. The minimum absolute atomic E-state index is 0.00381. The molecule has 21 heavy (non-hydrogen) atoms. The SMILES string of the molecule is COc1ccc(NC(C)c2cnn(C)c2)cc1OC(F)F. The molecular weight excluding hydrogens is 280 g/mol. The van der Waals surface area contributed by atoms with Crippen LogP contribution in [0.15, 0.2) is 30.6 Å². The van der Waals surface area contributed by atoms with E-state index in [0.717, 1.165) is 5.56 Å². The Kier molecular flexibility index (Phi) is 4.62. The first-order valence-electron chi connectivity index (χ1n) is 6.37. The van der Waals surface area contributed by atoms with Crippen molar-refractivity contribution in [3.63, 3.8) is 0 Å². The Morgan fingerprint density at radius 3 is 2.62 bits per heavy atom. The number of aromatic nitrogens is 2. The third-order valence-electron chi connectivity index (χ3n) is 2.99. The molecule has 0 aliphatic heterocycles.